The lowest BCUT2D eigenvalue weighted by Crippen LogP contribution is -2.36. The zero-order chi connectivity index (χ0) is 17.3. The summed E-state index contributed by atoms with van der Waals surface area (Å²) in [6.45, 7) is 6.47. The van der Waals surface area contributed by atoms with Crippen molar-refractivity contribution in [3.05, 3.63) is 70.4 Å². The number of aromatic nitrogens is 2. The number of aryl methyl sites for hydroxylation is 1. The third-order valence-corrected chi connectivity index (χ3v) is 4.45. The van der Waals surface area contributed by atoms with Gasteiger partial charge in [0.25, 0.3) is 0 Å². The molecule has 0 fully saturated rings. The summed E-state index contributed by atoms with van der Waals surface area (Å²) in [5, 5.41) is 4.88. The highest BCUT2D eigenvalue weighted by Gasteiger charge is 2.23. The van der Waals surface area contributed by atoms with E-state index in [0.717, 1.165) is 28.0 Å². The number of halogens is 2. The van der Waals surface area contributed by atoms with Gasteiger partial charge in [-0.05, 0) is 44.5 Å². The molecule has 0 radical (unpaired) electrons. The van der Waals surface area contributed by atoms with E-state index in [9.17, 15) is 4.39 Å². The van der Waals surface area contributed by atoms with Crippen molar-refractivity contribution in [3.8, 4) is 0 Å². The van der Waals surface area contributed by atoms with E-state index in [1.165, 1.54) is 12.1 Å². The van der Waals surface area contributed by atoms with Crippen LogP contribution in [0.5, 0.6) is 0 Å². The van der Waals surface area contributed by atoms with Crippen LogP contribution in [0, 0.1) is 12.7 Å². The topological polar surface area (TPSA) is 37.8 Å². The maximum absolute atomic E-state index is 13.3. The highest BCUT2D eigenvalue weighted by molar-refractivity contribution is 6.31. The van der Waals surface area contributed by atoms with E-state index in [1.54, 1.807) is 6.07 Å². The fourth-order valence-electron chi connectivity index (χ4n) is 2.77. The van der Waals surface area contributed by atoms with E-state index in [0.29, 0.717) is 11.6 Å². The number of benzene rings is 2. The second-order valence-electron chi connectivity index (χ2n) is 6.35. The van der Waals surface area contributed by atoms with Crippen LogP contribution in [0.4, 0.5) is 4.39 Å². The van der Waals surface area contributed by atoms with Crippen molar-refractivity contribution in [2.24, 2.45) is 0 Å². The molecule has 124 valence electrons. The van der Waals surface area contributed by atoms with Crippen LogP contribution in [0.15, 0.2) is 42.5 Å². The Hall–Kier alpha value is -2.04. The van der Waals surface area contributed by atoms with Gasteiger partial charge in [0.2, 0.25) is 0 Å². The minimum atomic E-state index is -0.437. The third-order valence-electron chi connectivity index (χ3n) is 4.13. The Morgan fingerprint density at radius 1 is 1.12 bits per heavy atom. The minimum absolute atomic E-state index is 0.340. The fraction of sp³-hybridized carbons (Fsp3) is 0.263. The van der Waals surface area contributed by atoms with Crippen molar-refractivity contribution in [1.82, 2.24) is 15.3 Å². The SMILES string of the molecule is Cc1nc(CNC(C)(C)c2ccc(F)cc2Cl)nc2ccccc12. The summed E-state index contributed by atoms with van der Waals surface area (Å²) in [7, 11) is 0. The van der Waals surface area contributed by atoms with Crippen molar-refractivity contribution in [1.29, 1.82) is 0 Å². The molecule has 1 heterocycles. The number of hydrogen-bond donors (Lipinski definition) is 1. The molecule has 0 aliphatic rings. The van der Waals surface area contributed by atoms with E-state index in [4.69, 9.17) is 11.6 Å². The van der Waals surface area contributed by atoms with Gasteiger partial charge in [0.1, 0.15) is 11.6 Å². The predicted octanol–water partition coefficient (Wildman–Crippen LogP) is 4.76. The summed E-state index contributed by atoms with van der Waals surface area (Å²) in [5.74, 6) is 0.380. The van der Waals surface area contributed by atoms with Gasteiger partial charge in [-0.3, -0.25) is 0 Å². The molecule has 0 unspecified atom stereocenters. The number of fused-ring (bicyclic) bond motifs is 1. The van der Waals surface area contributed by atoms with Crippen LogP contribution in [-0.2, 0) is 12.1 Å². The first-order chi connectivity index (χ1) is 11.4. The molecule has 1 aromatic heterocycles. The van der Waals surface area contributed by atoms with Crippen molar-refractivity contribution < 1.29 is 4.39 Å². The van der Waals surface area contributed by atoms with Gasteiger partial charge >= 0.3 is 0 Å². The van der Waals surface area contributed by atoms with Crippen LogP contribution < -0.4 is 5.32 Å². The summed E-state index contributed by atoms with van der Waals surface area (Å²) < 4.78 is 13.3. The maximum Gasteiger partial charge on any atom is 0.143 e. The van der Waals surface area contributed by atoms with Crippen molar-refractivity contribution in [2.45, 2.75) is 32.9 Å². The molecule has 1 N–H and O–H groups in total. The molecule has 0 aliphatic carbocycles. The molecule has 0 spiro atoms. The summed E-state index contributed by atoms with van der Waals surface area (Å²) in [6, 6.07) is 12.4. The molecule has 0 saturated carbocycles. The van der Waals surface area contributed by atoms with E-state index in [1.807, 2.05) is 45.0 Å². The molecule has 0 atom stereocenters. The molecule has 3 nitrogen and oxygen atoms in total. The highest BCUT2D eigenvalue weighted by Crippen LogP contribution is 2.28. The maximum atomic E-state index is 13.3. The zero-order valence-corrected chi connectivity index (χ0v) is 14.7. The average molecular weight is 344 g/mol. The van der Waals surface area contributed by atoms with Gasteiger partial charge in [-0.15, -0.1) is 0 Å². The lowest BCUT2D eigenvalue weighted by atomic mass is 9.94. The third kappa shape index (κ3) is 3.40. The first kappa shape index (κ1) is 16.8. The molecule has 3 rings (SSSR count). The number of para-hydroxylation sites is 1. The Morgan fingerprint density at radius 2 is 1.88 bits per heavy atom. The van der Waals surface area contributed by atoms with Gasteiger partial charge < -0.3 is 5.32 Å². The monoisotopic (exact) mass is 343 g/mol. The first-order valence-electron chi connectivity index (χ1n) is 7.79. The Morgan fingerprint density at radius 3 is 2.62 bits per heavy atom. The van der Waals surface area contributed by atoms with Crippen LogP contribution >= 0.6 is 11.6 Å². The summed E-state index contributed by atoms with van der Waals surface area (Å²) in [6.07, 6.45) is 0. The molecule has 24 heavy (non-hydrogen) atoms. The second-order valence-corrected chi connectivity index (χ2v) is 6.75. The molecule has 0 saturated heterocycles. The second kappa shape index (κ2) is 6.46. The van der Waals surface area contributed by atoms with Gasteiger partial charge in [0.15, 0.2) is 0 Å². The van der Waals surface area contributed by atoms with Gasteiger partial charge in [-0.2, -0.15) is 0 Å². The first-order valence-corrected chi connectivity index (χ1v) is 8.17. The van der Waals surface area contributed by atoms with E-state index < -0.39 is 5.54 Å². The van der Waals surface area contributed by atoms with E-state index in [-0.39, 0.29) is 5.82 Å². The van der Waals surface area contributed by atoms with Crippen LogP contribution in [-0.4, -0.2) is 9.97 Å². The molecule has 0 amide bonds. The average Bonchev–Trinajstić information content (AvgIpc) is 2.53. The van der Waals surface area contributed by atoms with Crippen LogP contribution in [0.3, 0.4) is 0 Å². The summed E-state index contributed by atoms with van der Waals surface area (Å²) in [4.78, 5) is 9.17. The van der Waals surface area contributed by atoms with Crippen LogP contribution in [0.2, 0.25) is 5.02 Å². The van der Waals surface area contributed by atoms with E-state index in [2.05, 4.69) is 15.3 Å². The summed E-state index contributed by atoms with van der Waals surface area (Å²) >= 11 is 6.19. The molecule has 5 heteroatoms. The number of nitrogens with one attached hydrogen (secondary N) is 1. The Balaban J connectivity index is 1.84. The molecule has 2 aromatic carbocycles. The normalized spacial score (nSPS) is 11.9. The number of nitrogens with zero attached hydrogens (tertiary/aromatic N) is 2. The molecular weight excluding hydrogens is 325 g/mol. The fourth-order valence-corrected chi connectivity index (χ4v) is 3.17. The van der Waals surface area contributed by atoms with Gasteiger partial charge in [0.05, 0.1) is 12.1 Å². The van der Waals surface area contributed by atoms with Gasteiger partial charge in [-0.25, -0.2) is 14.4 Å². The lowest BCUT2D eigenvalue weighted by Gasteiger charge is -2.28. The van der Waals surface area contributed by atoms with Gasteiger partial charge in [-0.1, -0.05) is 35.9 Å². The smallest absolute Gasteiger partial charge is 0.143 e. The molecule has 0 bridgehead atoms. The standard InChI is InChI=1S/C19H19ClFN3/c1-12-14-6-4-5-7-17(14)24-18(23-12)11-22-19(2,3)15-9-8-13(21)10-16(15)20/h4-10,22H,11H2,1-3H3. The Bertz CT molecular complexity index is 893. The largest absolute Gasteiger partial charge is 0.301 e. The lowest BCUT2D eigenvalue weighted by molar-refractivity contribution is 0.395. The minimum Gasteiger partial charge on any atom is -0.301 e. The van der Waals surface area contributed by atoms with Crippen molar-refractivity contribution >= 4 is 22.5 Å². The van der Waals surface area contributed by atoms with Crippen molar-refractivity contribution in [3.63, 3.8) is 0 Å². The molecule has 3 aromatic rings. The van der Waals surface area contributed by atoms with Crippen LogP contribution in [0.25, 0.3) is 10.9 Å². The zero-order valence-electron chi connectivity index (χ0n) is 13.9. The Labute approximate surface area is 145 Å². The molecule has 0 aliphatic heterocycles. The summed E-state index contributed by atoms with van der Waals surface area (Å²) in [5.41, 5.74) is 2.28. The quantitative estimate of drug-likeness (QED) is 0.742. The van der Waals surface area contributed by atoms with Crippen molar-refractivity contribution in [2.75, 3.05) is 0 Å². The highest BCUT2D eigenvalue weighted by atomic mass is 35.5. The van der Waals surface area contributed by atoms with E-state index >= 15 is 0 Å². The predicted molar refractivity (Wildman–Crippen MR) is 95.6 cm³/mol. The van der Waals surface area contributed by atoms with Gasteiger partial charge in [0, 0.05) is 21.6 Å². The number of hydrogen-bond acceptors (Lipinski definition) is 3. The Kier molecular flexibility index (Phi) is 4.52. The van der Waals surface area contributed by atoms with Crippen LogP contribution in [0.1, 0.15) is 30.9 Å². The molecular formula is C19H19ClFN3. The number of rotatable bonds is 4.